The Hall–Kier alpha value is -1.23. The molecule has 0 saturated heterocycles. The highest BCUT2D eigenvalue weighted by Gasteiger charge is 2.04. The number of hydrogen-bond donors (Lipinski definition) is 2. The lowest BCUT2D eigenvalue weighted by atomic mass is 10.2. The molecule has 0 aliphatic carbocycles. The number of aryl methyl sites for hydroxylation is 2. The minimum Gasteiger partial charge on any atom is -0.288 e. The molecule has 0 aliphatic heterocycles. The highest BCUT2D eigenvalue weighted by atomic mass is 16.5. The van der Waals surface area contributed by atoms with E-state index >= 15 is 0 Å². The van der Waals surface area contributed by atoms with Gasteiger partial charge in [0, 0.05) is 0 Å². The summed E-state index contributed by atoms with van der Waals surface area (Å²) in [7, 11) is 0. The Kier molecular flexibility index (Phi) is 2.93. The van der Waals surface area contributed by atoms with Crippen LogP contribution in [-0.2, 0) is 12.8 Å². The maximum Gasteiger partial charge on any atom is 0.266 e. The summed E-state index contributed by atoms with van der Waals surface area (Å²) in [5.41, 5.74) is 3.63. The zero-order valence-corrected chi connectivity index (χ0v) is 7.20. The maximum absolute atomic E-state index is 8.51. The smallest absolute Gasteiger partial charge is 0.266 e. The largest absolute Gasteiger partial charge is 0.288 e. The van der Waals surface area contributed by atoms with Gasteiger partial charge in [-0.1, -0.05) is 13.8 Å². The first kappa shape index (κ1) is 8.86. The van der Waals surface area contributed by atoms with Crippen LogP contribution in [0.1, 0.15) is 25.2 Å². The molecule has 0 spiro atoms. The van der Waals surface area contributed by atoms with Gasteiger partial charge in [-0.2, -0.15) is 0 Å². The van der Waals surface area contributed by atoms with Gasteiger partial charge in [0.2, 0.25) is 0 Å². The molecule has 0 amide bonds. The molecule has 5 heteroatoms. The topological polar surface area (TPSA) is 70.9 Å². The molecule has 0 atom stereocenters. The normalized spacial score (nSPS) is 9.92. The predicted octanol–water partition coefficient (Wildman–Crippen LogP) is 0.797. The van der Waals surface area contributed by atoms with Gasteiger partial charge in [0.25, 0.3) is 5.95 Å². The first-order valence-electron chi connectivity index (χ1n) is 3.94. The van der Waals surface area contributed by atoms with Gasteiger partial charge in [0.1, 0.15) is 0 Å². The fourth-order valence-electron chi connectivity index (χ4n) is 0.985. The third kappa shape index (κ3) is 1.68. The van der Waals surface area contributed by atoms with Crippen molar-refractivity contribution in [3.63, 3.8) is 0 Å². The van der Waals surface area contributed by atoms with E-state index in [1.807, 2.05) is 19.3 Å². The third-order valence-electron chi connectivity index (χ3n) is 1.61. The molecule has 1 aromatic rings. The summed E-state index contributed by atoms with van der Waals surface area (Å²) >= 11 is 0. The monoisotopic (exact) mass is 168 g/mol. The Morgan fingerprint density at radius 2 is 1.83 bits per heavy atom. The number of nitrogens with one attached hydrogen (secondary N) is 1. The molecule has 1 rings (SSSR count). The molecule has 0 aliphatic rings. The second-order valence-electron chi connectivity index (χ2n) is 2.35. The highest BCUT2D eigenvalue weighted by molar-refractivity contribution is 5.22. The van der Waals surface area contributed by atoms with E-state index in [1.165, 1.54) is 0 Å². The van der Waals surface area contributed by atoms with Crippen LogP contribution < -0.4 is 5.48 Å². The lowest BCUT2D eigenvalue weighted by Gasteiger charge is -2.03. The SMILES string of the molecule is CCc1nnc(NO)nc1CC. The Labute approximate surface area is 70.8 Å². The molecule has 66 valence electrons. The van der Waals surface area contributed by atoms with Gasteiger partial charge >= 0.3 is 0 Å². The Balaban J connectivity index is 3.02. The molecule has 2 N–H and O–H groups in total. The number of hydrogen-bond acceptors (Lipinski definition) is 5. The summed E-state index contributed by atoms with van der Waals surface area (Å²) in [5.74, 6) is 0.157. The van der Waals surface area contributed by atoms with E-state index < -0.39 is 0 Å². The van der Waals surface area contributed by atoms with Crippen LogP contribution in [-0.4, -0.2) is 20.4 Å². The second-order valence-corrected chi connectivity index (χ2v) is 2.35. The predicted molar refractivity (Wildman–Crippen MR) is 44.0 cm³/mol. The molecule has 0 bridgehead atoms. The summed E-state index contributed by atoms with van der Waals surface area (Å²) in [6, 6.07) is 0. The van der Waals surface area contributed by atoms with Crippen LogP contribution >= 0.6 is 0 Å². The molecule has 0 fully saturated rings. The van der Waals surface area contributed by atoms with Crippen LogP contribution in [0.15, 0.2) is 0 Å². The lowest BCUT2D eigenvalue weighted by Crippen LogP contribution is -2.06. The molecular formula is C7H12N4O. The van der Waals surface area contributed by atoms with Crippen LogP contribution in [0.2, 0.25) is 0 Å². The van der Waals surface area contributed by atoms with Gasteiger partial charge in [-0.15, -0.1) is 10.2 Å². The average Bonchev–Trinajstić information content (AvgIpc) is 2.16. The Morgan fingerprint density at radius 3 is 2.33 bits per heavy atom. The van der Waals surface area contributed by atoms with Crippen molar-refractivity contribution in [3.8, 4) is 0 Å². The van der Waals surface area contributed by atoms with Crippen molar-refractivity contribution in [1.82, 2.24) is 15.2 Å². The van der Waals surface area contributed by atoms with Gasteiger partial charge in [-0.25, -0.2) is 10.5 Å². The summed E-state index contributed by atoms with van der Waals surface area (Å²) in [4.78, 5) is 4.05. The summed E-state index contributed by atoms with van der Waals surface area (Å²) < 4.78 is 0. The summed E-state index contributed by atoms with van der Waals surface area (Å²) in [5, 5.41) is 16.1. The Morgan fingerprint density at radius 1 is 1.17 bits per heavy atom. The van der Waals surface area contributed by atoms with E-state index in [9.17, 15) is 0 Å². The van der Waals surface area contributed by atoms with E-state index in [1.54, 1.807) is 0 Å². The first-order valence-corrected chi connectivity index (χ1v) is 3.94. The highest BCUT2D eigenvalue weighted by Crippen LogP contribution is 2.05. The van der Waals surface area contributed by atoms with Crippen molar-refractivity contribution in [2.75, 3.05) is 5.48 Å². The molecule has 5 nitrogen and oxygen atoms in total. The van der Waals surface area contributed by atoms with E-state index in [0.29, 0.717) is 0 Å². The van der Waals surface area contributed by atoms with Crippen molar-refractivity contribution in [1.29, 1.82) is 0 Å². The minimum atomic E-state index is 0.157. The molecule has 0 saturated carbocycles. The zero-order chi connectivity index (χ0) is 8.97. The van der Waals surface area contributed by atoms with Crippen molar-refractivity contribution >= 4 is 5.95 Å². The molecule has 0 unspecified atom stereocenters. The van der Waals surface area contributed by atoms with E-state index in [2.05, 4.69) is 15.2 Å². The fraction of sp³-hybridized carbons (Fsp3) is 0.571. The van der Waals surface area contributed by atoms with Crippen LogP contribution in [0, 0.1) is 0 Å². The second kappa shape index (κ2) is 3.96. The molecular weight excluding hydrogens is 156 g/mol. The average molecular weight is 168 g/mol. The number of aromatic nitrogens is 3. The van der Waals surface area contributed by atoms with E-state index in [0.717, 1.165) is 24.2 Å². The van der Waals surface area contributed by atoms with Gasteiger partial charge < -0.3 is 0 Å². The van der Waals surface area contributed by atoms with Crippen molar-refractivity contribution in [2.45, 2.75) is 26.7 Å². The molecule has 1 aromatic heterocycles. The quantitative estimate of drug-likeness (QED) is 0.653. The van der Waals surface area contributed by atoms with Crippen LogP contribution in [0.25, 0.3) is 0 Å². The molecule has 0 radical (unpaired) electrons. The summed E-state index contributed by atoms with van der Waals surface area (Å²) in [6.07, 6.45) is 1.61. The lowest BCUT2D eigenvalue weighted by molar-refractivity contribution is 0.380. The third-order valence-corrected chi connectivity index (χ3v) is 1.61. The van der Waals surface area contributed by atoms with Crippen LogP contribution in [0.5, 0.6) is 0 Å². The van der Waals surface area contributed by atoms with Gasteiger partial charge in [-0.3, -0.25) is 5.21 Å². The van der Waals surface area contributed by atoms with Gasteiger partial charge in [0.15, 0.2) is 0 Å². The van der Waals surface area contributed by atoms with Crippen LogP contribution in [0.4, 0.5) is 5.95 Å². The summed E-state index contributed by atoms with van der Waals surface area (Å²) in [6.45, 7) is 3.99. The van der Waals surface area contributed by atoms with E-state index in [4.69, 9.17) is 5.21 Å². The number of anilines is 1. The standard InChI is InChI=1S/C7H12N4O/c1-3-5-6(4-2)9-10-7(8-5)11-12/h12H,3-4H2,1-2H3,(H,8,10,11). The minimum absolute atomic E-state index is 0.157. The fourth-order valence-corrected chi connectivity index (χ4v) is 0.985. The Bertz CT molecular complexity index is 264. The van der Waals surface area contributed by atoms with Crippen LogP contribution in [0.3, 0.4) is 0 Å². The first-order chi connectivity index (χ1) is 5.81. The van der Waals surface area contributed by atoms with Gasteiger partial charge in [0.05, 0.1) is 11.4 Å². The van der Waals surface area contributed by atoms with Gasteiger partial charge in [-0.05, 0) is 12.8 Å². The molecule has 12 heavy (non-hydrogen) atoms. The number of rotatable bonds is 3. The maximum atomic E-state index is 8.51. The van der Waals surface area contributed by atoms with Crippen molar-refractivity contribution in [3.05, 3.63) is 11.4 Å². The number of nitrogens with zero attached hydrogens (tertiary/aromatic N) is 3. The van der Waals surface area contributed by atoms with Crippen molar-refractivity contribution < 1.29 is 5.21 Å². The van der Waals surface area contributed by atoms with E-state index in [-0.39, 0.29) is 5.95 Å². The zero-order valence-electron chi connectivity index (χ0n) is 7.20. The molecule has 0 aromatic carbocycles. The molecule has 1 heterocycles. The van der Waals surface area contributed by atoms with Crippen molar-refractivity contribution in [2.24, 2.45) is 0 Å².